The zero-order chi connectivity index (χ0) is 22.0. The number of thioether (sulfide) groups is 1. The number of benzene rings is 1. The number of hydrogen-bond acceptors (Lipinski definition) is 7. The van der Waals surface area contributed by atoms with Crippen LogP contribution in [0.1, 0.15) is 31.9 Å². The van der Waals surface area contributed by atoms with E-state index in [2.05, 4.69) is 4.99 Å². The van der Waals surface area contributed by atoms with Crippen molar-refractivity contribution in [2.24, 2.45) is 4.99 Å². The highest BCUT2D eigenvalue weighted by Gasteiger charge is 2.41. The van der Waals surface area contributed by atoms with E-state index in [-0.39, 0.29) is 18.9 Å². The van der Waals surface area contributed by atoms with Gasteiger partial charge in [-0.25, -0.2) is 9.79 Å². The summed E-state index contributed by atoms with van der Waals surface area (Å²) in [7, 11) is 0. The Morgan fingerprint density at radius 1 is 1.32 bits per heavy atom. The van der Waals surface area contributed by atoms with Crippen molar-refractivity contribution in [3.8, 4) is 0 Å². The summed E-state index contributed by atoms with van der Waals surface area (Å²) in [5.74, 6) is -0.381. The lowest BCUT2D eigenvalue weighted by Crippen LogP contribution is -2.42. The third-order valence-electron chi connectivity index (χ3n) is 5.36. The van der Waals surface area contributed by atoms with Gasteiger partial charge in [0.15, 0.2) is 5.17 Å². The lowest BCUT2D eigenvalue weighted by atomic mass is 9.94. The summed E-state index contributed by atoms with van der Waals surface area (Å²) >= 11 is 7.74. The lowest BCUT2D eigenvalue weighted by molar-refractivity contribution is -0.139. The van der Waals surface area contributed by atoms with Crippen molar-refractivity contribution < 1.29 is 19.1 Å². The fraction of sp³-hybridized carbons (Fsp3) is 0.409. The molecule has 1 fully saturated rings. The van der Waals surface area contributed by atoms with Crippen LogP contribution in [0.15, 0.2) is 51.6 Å². The van der Waals surface area contributed by atoms with Gasteiger partial charge in [0, 0.05) is 23.8 Å². The van der Waals surface area contributed by atoms with Crippen molar-refractivity contribution in [1.82, 2.24) is 9.80 Å². The van der Waals surface area contributed by atoms with E-state index >= 15 is 0 Å². The standard InChI is InChI=1S/C22H24ClN3O4S/c1-3-30-21(28)19-14(2)24-22-26(20(19)15-5-4-6-16(23)11-15)17(13-31-22)12-18(27)25-7-9-29-10-8-25/h4-6,11,13,20H,3,7-10,12H2,1-2H3/t20-/m0/s1. The number of carbonyl (C=O) groups excluding carboxylic acids is 2. The Labute approximate surface area is 190 Å². The molecule has 3 aliphatic heterocycles. The number of rotatable bonds is 5. The SMILES string of the molecule is CCOC(=O)C1=C(C)N=C2SC=C(CC(=O)N3CCOCC3)N2[C@H]1c1cccc(Cl)c1. The number of ether oxygens (including phenoxy) is 2. The van der Waals surface area contributed by atoms with Gasteiger partial charge in [0.2, 0.25) is 5.91 Å². The second-order valence-corrected chi connectivity index (χ2v) is 8.61. The van der Waals surface area contributed by atoms with Gasteiger partial charge in [0.25, 0.3) is 0 Å². The molecule has 0 radical (unpaired) electrons. The molecule has 0 aromatic heterocycles. The van der Waals surface area contributed by atoms with Crippen LogP contribution in [0.3, 0.4) is 0 Å². The van der Waals surface area contributed by atoms with E-state index in [0.29, 0.717) is 42.6 Å². The summed E-state index contributed by atoms with van der Waals surface area (Å²) in [6.07, 6.45) is 0.220. The molecule has 0 bridgehead atoms. The molecule has 0 spiro atoms. The third kappa shape index (κ3) is 4.51. The van der Waals surface area contributed by atoms with Crippen LogP contribution in [0.25, 0.3) is 0 Å². The second kappa shape index (κ2) is 9.46. The molecular formula is C22H24ClN3O4S. The van der Waals surface area contributed by atoms with E-state index in [4.69, 9.17) is 21.1 Å². The molecule has 0 N–H and O–H groups in total. The quantitative estimate of drug-likeness (QED) is 0.622. The predicted octanol–water partition coefficient (Wildman–Crippen LogP) is 3.73. The number of amides is 1. The van der Waals surface area contributed by atoms with Crippen LogP contribution in [0.5, 0.6) is 0 Å². The molecule has 1 saturated heterocycles. The van der Waals surface area contributed by atoms with Crippen molar-refractivity contribution in [2.45, 2.75) is 26.3 Å². The highest BCUT2D eigenvalue weighted by Crippen LogP contribution is 2.45. The van der Waals surface area contributed by atoms with E-state index in [1.54, 1.807) is 13.0 Å². The Balaban J connectivity index is 1.69. The number of amidine groups is 1. The first-order valence-electron chi connectivity index (χ1n) is 10.2. The molecule has 0 aliphatic carbocycles. The average molecular weight is 462 g/mol. The van der Waals surface area contributed by atoms with E-state index in [9.17, 15) is 9.59 Å². The van der Waals surface area contributed by atoms with Gasteiger partial charge in [0.1, 0.15) is 0 Å². The van der Waals surface area contributed by atoms with Crippen LogP contribution in [0.4, 0.5) is 0 Å². The highest BCUT2D eigenvalue weighted by molar-refractivity contribution is 8.16. The number of morpholine rings is 1. The first-order valence-corrected chi connectivity index (χ1v) is 11.5. The first-order chi connectivity index (χ1) is 15.0. The fourth-order valence-corrected chi connectivity index (χ4v) is 5.07. The van der Waals surface area contributed by atoms with Gasteiger partial charge in [-0.1, -0.05) is 35.5 Å². The average Bonchev–Trinajstić information content (AvgIpc) is 3.15. The molecule has 7 nitrogen and oxygen atoms in total. The summed E-state index contributed by atoms with van der Waals surface area (Å²) in [6, 6.07) is 6.94. The van der Waals surface area contributed by atoms with Crippen LogP contribution in [0, 0.1) is 0 Å². The molecule has 3 aliphatic rings. The van der Waals surface area contributed by atoms with Crippen LogP contribution in [-0.4, -0.2) is 59.8 Å². The number of fused-ring (bicyclic) bond motifs is 1. The Bertz CT molecular complexity index is 985. The van der Waals surface area contributed by atoms with E-state index < -0.39 is 12.0 Å². The minimum Gasteiger partial charge on any atom is -0.463 e. The van der Waals surface area contributed by atoms with Crippen LogP contribution in [-0.2, 0) is 19.1 Å². The lowest BCUT2D eigenvalue weighted by Gasteiger charge is -2.37. The fourth-order valence-electron chi connectivity index (χ4n) is 3.91. The summed E-state index contributed by atoms with van der Waals surface area (Å²) in [5, 5.41) is 3.25. The molecule has 1 aromatic carbocycles. The first kappa shape index (κ1) is 21.9. The minimum absolute atomic E-state index is 0.0326. The number of carbonyl (C=O) groups is 2. The normalized spacial score (nSPS) is 20.9. The molecule has 4 rings (SSSR count). The Hall–Kier alpha value is -2.29. The van der Waals surface area contributed by atoms with Gasteiger partial charge in [-0.05, 0) is 37.0 Å². The Kier molecular flexibility index (Phi) is 6.69. The van der Waals surface area contributed by atoms with Crippen molar-refractivity contribution in [3.63, 3.8) is 0 Å². The topological polar surface area (TPSA) is 71.4 Å². The number of nitrogens with zero attached hydrogens (tertiary/aromatic N) is 3. The number of halogens is 1. The van der Waals surface area contributed by atoms with E-state index in [1.165, 1.54) is 11.8 Å². The van der Waals surface area contributed by atoms with Gasteiger partial charge in [-0.3, -0.25) is 4.79 Å². The summed E-state index contributed by atoms with van der Waals surface area (Å²) < 4.78 is 10.7. The van der Waals surface area contributed by atoms with Crippen molar-refractivity contribution in [3.05, 3.63) is 57.2 Å². The molecular weight excluding hydrogens is 438 g/mol. The van der Waals surface area contributed by atoms with Crippen LogP contribution < -0.4 is 0 Å². The third-order valence-corrected chi connectivity index (χ3v) is 6.48. The smallest absolute Gasteiger partial charge is 0.338 e. The van der Waals surface area contributed by atoms with Crippen LogP contribution >= 0.6 is 23.4 Å². The van der Waals surface area contributed by atoms with Crippen molar-refractivity contribution >= 4 is 40.4 Å². The highest BCUT2D eigenvalue weighted by atomic mass is 35.5. The molecule has 1 atom stereocenters. The number of aliphatic imine (C=N–C) groups is 1. The van der Waals surface area contributed by atoms with Gasteiger partial charge in [-0.2, -0.15) is 0 Å². The molecule has 1 aromatic rings. The maximum Gasteiger partial charge on any atom is 0.338 e. The van der Waals surface area contributed by atoms with Gasteiger partial charge in [-0.15, -0.1) is 0 Å². The van der Waals surface area contributed by atoms with Crippen molar-refractivity contribution in [2.75, 3.05) is 32.9 Å². The van der Waals surface area contributed by atoms with Gasteiger partial charge < -0.3 is 19.3 Å². The van der Waals surface area contributed by atoms with Crippen LogP contribution in [0.2, 0.25) is 5.02 Å². The van der Waals surface area contributed by atoms with Crippen molar-refractivity contribution in [1.29, 1.82) is 0 Å². The number of esters is 1. The summed E-state index contributed by atoms with van der Waals surface area (Å²) in [4.78, 5) is 34.3. The molecule has 0 unspecified atom stereocenters. The molecule has 164 valence electrons. The van der Waals surface area contributed by atoms with E-state index in [0.717, 1.165) is 16.4 Å². The number of hydrogen-bond donors (Lipinski definition) is 0. The summed E-state index contributed by atoms with van der Waals surface area (Å²) in [5.41, 5.74) is 2.71. The zero-order valence-electron chi connectivity index (χ0n) is 17.5. The monoisotopic (exact) mass is 461 g/mol. The maximum atomic E-state index is 12.9. The summed E-state index contributed by atoms with van der Waals surface area (Å²) in [6.45, 7) is 6.13. The van der Waals surface area contributed by atoms with Gasteiger partial charge in [0.05, 0.1) is 43.6 Å². The molecule has 9 heteroatoms. The zero-order valence-corrected chi connectivity index (χ0v) is 19.0. The Morgan fingerprint density at radius 2 is 2.10 bits per heavy atom. The Morgan fingerprint density at radius 3 is 2.81 bits per heavy atom. The molecule has 1 amide bonds. The predicted molar refractivity (Wildman–Crippen MR) is 120 cm³/mol. The van der Waals surface area contributed by atoms with E-state index in [1.807, 2.05) is 40.3 Å². The molecule has 3 heterocycles. The molecule has 0 saturated carbocycles. The second-order valence-electron chi connectivity index (χ2n) is 7.34. The maximum absolute atomic E-state index is 12.9. The molecule has 31 heavy (non-hydrogen) atoms. The van der Waals surface area contributed by atoms with Gasteiger partial charge >= 0.3 is 5.97 Å². The minimum atomic E-state index is -0.469. The number of allylic oxidation sites excluding steroid dienone is 1. The largest absolute Gasteiger partial charge is 0.463 e.